The second-order valence-corrected chi connectivity index (χ2v) is 3.25. The first kappa shape index (κ1) is 13.5. The van der Waals surface area contributed by atoms with Crippen LogP contribution < -0.4 is 15.4 Å². The van der Waals surface area contributed by atoms with Crippen molar-refractivity contribution < 1.29 is 24.2 Å². The fraction of sp³-hybridized carbons (Fsp3) is 0.182. The molecule has 0 aliphatic carbocycles. The largest absolute Gasteiger partial charge is 0.484 e. The molecular weight excluding hydrogens is 240 g/mol. The van der Waals surface area contributed by atoms with Crippen molar-refractivity contribution in [2.24, 2.45) is 0 Å². The predicted octanol–water partition coefficient (Wildman–Crippen LogP) is 0.219. The lowest BCUT2D eigenvalue weighted by Crippen LogP contribution is -2.39. The molecule has 0 radical (unpaired) electrons. The van der Waals surface area contributed by atoms with E-state index < -0.39 is 17.9 Å². The first-order valence-electron chi connectivity index (χ1n) is 5.00. The number of urea groups is 1. The van der Waals surface area contributed by atoms with Crippen LogP contribution in [0.3, 0.4) is 0 Å². The third-order valence-electron chi connectivity index (χ3n) is 1.93. The first-order valence-corrected chi connectivity index (χ1v) is 5.00. The molecule has 7 heteroatoms. The molecule has 3 amide bonds. The summed E-state index contributed by atoms with van der Waals surface area (Å²) < 4.78 is 5.05. The van der Waals surface area contributed by atoms with Gasteiger partial charge in [-0.3, -0.25) is 10.1 Å². The van der Waals surface area contributed by atoms with Crippen LogP contribution in [-0.4, -0.2) is 36.7 Å². The van der Waals surface area contributed by atoms with Gasteiger partial charge in [-0.25, -0.2) is 9.59 Å². The van der Waals surface area contributed by atoms with Gasteiger partial charge in [0.05, 0.1) is 5.56 Å². The average Bonchev–Trinajstić information content (AvgIpc) is 2.36. The Morgan fingerprint density at radius 3 is 2.67 bits per heavy atom. The highest BCUT2D eigenvalue weighted by Gasteiger charge is 2.08. The van der Waals surface area contributed by atoms with Gasteiger partial charge in [-0.05, 0) is 18.2 Å². The summed E-state index contributed by atoms with van der Waals surface area (Å²) in [6.45, 7) is -0.378. The van der Waals surface area contributed by atoms with E-state index in [1.54, 1.807) is 0 Å². The van der Waals surface area contributed by atoms with Gasteiger partial charge in [0.25, 0.3) is 5.91 Å². The molecule has 1 rings (SSSR count). The van der Waals surface area contributed by atoms with Crippen LogP contribution in [0.15, 0.2) is 24.3 Å². The summed E-state index contributed by atoms with van der Waals surface area (Å²) in [6, 6.07) is 5.06. The van der Waals surface area contributed by atoms with Crippen molar-refractivity contribution in [1.82, 2.24) is 10.6 Å². The second-order valence-electron chi connectivity index (χ2n) is 3.25. The monoisotopic (exact) mass is 252 g/mol. The van der Waals surface area contributed by atoms with Crippen LogP contribution in [-0.2, 0) is 4.79 Å². The Kier molecular flexibility index (Phi) is 4.67. The summed E-state index contributed by atoms with van der Waals surface area (Å²) in [4.78, 5) is 32.7. The third kappa shape index (κ3) is 4.12. The molecule has 0 saturated carbocycles. The molecule has 1 aromatic rings. The maximum atomic E-state index is 11.2. The Morgan fingerprint density at radius 2 is 2.06 bits per heavy atom. The number of hydrogen-bond donors (Lipinski definition) is 3. The van der Waals surface area contributed by atoms with Gasteiger partial charge in [-0.15, -0.1) is 0 Å². The minimum Gasteiger partial charge on any atom is -0.484 e. The number of aromatic carboxylic acids is 1. The van der Waals surface area contributed by atoms with Crippen molar-refractivity contribution in [2.75, 3.05) is 13.7 Å². The van der Waals surface area contributed by atoms with Gasteiger partial charge in [-0.1, -0.05) is 6.07 Å². The summed E-state index contributed by atoms with van der Waals surface area (Å²) >= 11 is 0. The molecule has 0 heterocycles. The normalized spacial score (nSPS) is 9.39. The van der Waals surface area contributed by atoms with Gasteiger partial charge in [0.1, 0.15) is 5.75 Å². The van der Waals surface area contributed by atoms with E-state index in [4.69, 9.17) is 9.84 Å². The topological polar surface area (TPSA) is 105 Å². The fourth-order valence-electron chi connectivity index (χ4n) is 1.09. The molecule has 7 nitrogen and oxygen atoms in total. The van der Waals surface area contributed by atoms with E-state index in [0.29, 0.717) is 0 Å². The molecule has 96 valence electrons. The highest BCUT2D eigenvalue weighted by molar-refractivity contribution is 5.94. The van der Waals surface area contributed by atoms with Crippen LogP contribution in [0.2, 0.25) is 0 Å². The van der Waals surface area contributed by atoms with E-state index >= 15 is 0 Å². The molecule has 3 N–H and O–H groups in total. The number of carboxylic acid groups (broad SMARTS) is 1. The van der Waals surface area contributed by atoms with Crippen LogP contribution in [0.4, 0.5) is 4.79 Å². The van der Waals surface area contributed by atoms with Gasteiger partial charge in [0.15, 0.2) is 6.61 Å². The Labute approximate surface area is 103 Å². The van der Waals surface area contributed by atoms with Crippen molar-refractivity contribution in [1.29, 1.82) is 0 Å². The number of nitrogens with one attached hydrogen (secondary N) is 2. The summed E-state index contributed by atoms with van der Waals surface area (Å²) in [7, 11) is 1.37. The van der Waals surface area contributed by atoms with Crippen molar-refractivity contribution in [3.05, 3.63) is 29.8 Å². The molecule has 0 fully saturated rings. The lowest BCUT2D eigenvalue weighted by atomic mass is 10.2. The predicted molar refractivity (Wildman–Crippen MR) is 61.5 cm³/mol. The molecule has 18 heavy (non-hydrogen) atoms. The van der Waals surface area contributed by atoms with Crippen LogP contribution in [0.25, 0.3) is 0 Å². The van der Waals surface area contributed by atoms with Crippen molar-refractivity contribution in [3.8, 4) is 5.75 Å². The zero-order valence-corrected chi connectivity index (χ0v) is 9.60. The Bertz CT molecular complexity index is 472. The third-order valence-corrected chi connectivity index (χ3v) is 1.93. The Balaban J connectivity index is 2.53. The Hall–Kier alpha value is -2.57. The van der Waals surface area contributed by atoms with E-state index in [-0.39, 0.29) is 17.9 Å². The van der Waals surface area contributed by atoms with Crippen molar-refractivity contribution in [2.45, 2.75) is 0 Å². The number of benzene rings is 1. The summed E-state index contributed by atoms with van der Waals surface area (Å²) in [5, 5.41) is 13.0. The summed E-state index contributed by atoms with van der Waals surface area (Å²) in [5.41, 5.74) is 0.0548. The molecular formula is C11H12N2O5. The number of hydrogen-bond acceptors (Lipinski definition) is 4. The van der Waals surface area contributed by atoms with Crippen LogP contribution in [0.5, 0.6) is 5.75 Å². The standard InChI is InChI=1S/C11H12N2O5/c1-12-11(17)13-9(14)6-18-8-4-2-3-7(5-8)10(15)16/h2-5H,6H2,1H3,(H,15,16)(H2,12,13,14,17). The number of rotatable bonds is 4. The molecule has 1 aromatic carbocycles. The smallest absolute Gasteiger partial charge is 0.335 e. The van der Waals surface area contributed by atoms with Crippen molar-refractivity contribution >= 4 is 17.9 Å². The zero-order chi connectivity index (χ0) is 13.5. The van der Waals surface area contributed by atoms with Gasteiger partial charge in [0, 0.05) is 7.05 Å². The van der Waals surface area contributed by atoms with Gasteiger partial charge < -0.3 is 15.2 Å². The fourth-order valence-corrected chi connectivity index (χ4v) is 1.09. The maximum Gasteiger partial charge on any atom is 0.335 e. The van der Waals surface area contributed by atoms with E-state index in [1.165, 1.54) is 31.3 Å². The van der Waals surface area contributed by atoms with Gasteiger partial charge >= 0.3 is 12.0 Å². The molecule has 0 unspecified atom stereocenters. The molecule has 0 aliphatic heterocycles. The number of amides is 3. The lowest BCUT2D eigenvalue weighted by molar-refractivity contribution is -0.122. The number of carboxylic acids is 1. The van der Waals surface area contributed by atoms with Gasteiger partial charge in [0.2, 0.25) is 0 Å². The van der Waals surface area contributed by atoms with E-state index in [2.05, 4.69) is 5.32 Å². The summed E-state index contributed by atoms with van der Waals surface area (Å²) in [5.74, 6) is -1.48. The molecule has 0 saturated heterocycles. The highest BCUT2D eigenvalue weighted by Crippen LogP contribution is 2.12. The van der Waals surface area contributed by atoms with Crippen molar-refractivity contribution in [3.63, 3.8) is 0 Å². The summed E-state index contributed by atoms with van der Waals surface area (Å²) in [6.07, 6.45) is 0. The highest BCUT2D eigenvalue weighted by atomic mass is 16.5. The molecule has 0 aliphatic rings. The number of carbonyl (C=O) groups excluding carboxylic acids is 2. The number of ether oxygens (including phenoxy) is 1. The molecule has 0 spiro atoms. The van der Waals surface area contributed by atoms with Gasteiger partial charge in [-0.2, -0.15) is 0 Å². The van der Waals surface area contributed by atoms with E-state index in [0.717, 1.165) is 0 Å². The maximum absolute atomic E-state index is 11.2. The number of carbonyl (C=O) groups is 3. The van der Waals surface area contributed by atoms with E-state index in [9.17, 15) is 14.4 Å². The second kappa shape index (κ2) is 6.24. The average molecular weight is 252 g/mol. The quantitative estimate of drug-likeness (QED) is 0.711. The SMILES string of the molecule is CNC(=O)NC(=O)COc1cccc(C(=O)O)c1. The van der Waals surface area contributed by atoms with E-state index in [1.807, 2.05) is 5.32 Å². The minimum absolute atomic E-state index is 0.0548. The van der Waals surface area contributed by atoms with Crippen LogP contribution >= 0.6 is 0 Å². The number of imide groups is 1. The van der Waals surface area contributed by atoms with Crippen LogP contribution in [0.1, 0.15) is 10.4 Å². The molecule has 0 bridgehead atoms. The lowest BCUT2D eigenvalue weighted by Gasteiger charge is -2.06. The molecule has 0 aromatic heterocycles. The Morgan fingerprint density at radius 1 is 1.33 bits per heavy atom. The van der Waals surface area contributed by atoms with Crippen LogP contribution in [0, 0.1) is 0 Å². The first-order chi connectivity index (χ1) is 8.52. The molecule has 0 atom stereocenters. The minimum atomic E-state index is -1.09. The zero-order valence-electron chi connectivity index (χ0n) is 9.60.